The Hall–Kier alpha value is -15.1. The van der Waals surface area contributed by atoms with Gasteiger partial charge in [-0.3, -0.25) is 0 Å². The first kappa shape index (κ1) is 88.4. The van der Waals surface area contributed by atoms with E-state index in [4.69, 9.17) is 0 Å². The monoisotopic (exact) mass is 1670 g/mol. The van der Waals surface area contributed by atoms with Gasteiger partial charge < -0.3 is 0 Å². The van der Waals surface area contributed by atoms with E-state index in [-0.39, 0.29) is 0 Å². The normalized spacial score (nSPS) is 10.8. The molecule has 0 saturated carbocycles. The van der Waals surface area contributed by atoms with Crippen LogP contribution in [0.2, 0.25) is 0 Å². The van der Waals surface area contributed by atoms with Crippen molar-refractivity contribution in [2.24, 2.45) is 0 Å². The fourth-order valence-electron chi connectivity index (χ4n) is 18.0. The van der Waals surface area contributed by atoms with E-state index in [1.807, 2.05) is 0 Å². The fourth-order valence-corrected chi connectivity index (χ4v) is 18.0. The molecule has 0 bridgehead atoms. The molecule has 130 heavy (non-hydrogen) atoms. The number of fused-ring (bicyclic) bond motifs is 8. The summed E-state index contributed by atoms with van der Waals surface area (Å²) in [5.74, 6) is 0. The molecule has 0 fully saturated rings. The van der Waals surface area contributed by atoms with Crippen LogP contribution in [0, 0.1) is 96.9 Å². The number of aryl methyl sites for hydroxylation is 14. The fraction of sp³-hybridized carbons (Fsp3) is 0.108. The van der Waals surface area contributed by atoms with Gasteiger partial charge in [-0.25, -0.2) is 0 Å². The third-order valence-corrected chi connectivity index (χ3v) is 25.3. The minimum atomic E-state index is 1.28. The number of rotatable bonds is 7. The molecule has 0 nitrogen and oxygen atoms in total. The standard InChI is InChI=1S/C30H22.C22H18.2C18H16.3C14H14/c1-19-21-11-3-7-15-25(21)29(26-16-8-4-12-22(19)26)30-27-17-9-5-13-23(27)20(2)24-14-6-10-18-28(24)30;1-15-11-13-21(19-9-5-3-7-17(15)19)22-14-12-16(2)18-8-4-6-10-20(18)22;1-13-3-6-15(7-4-13)17-10-9-16-11-14(2)5-8-18(16)12-17;1-13-7-10-15(11-8-13)17-12-9-14(2)16-5-3-4-6-18(16)17;1-11-3-7-13(8-4-11)14-9-5-12(2)6-10-14;1-11-5-3-7-13(9-11)14-8-4-6-12(2)10-14;1-11-6-8-13(9-7-11)14-5-3-4-12(2)10-14/h3-18H,1-2H3;3-14H,1-2H3;2*3-12H,1-2H3;3*3-10H,1-2H3. The lowest BCUT2D eigenvalue weighted by Crippen LogP contribution is -1.93. The van der Waals surface area contributed by atoms with Crippen molar-refractivity contribution in [3.8, 4) is 77.9 Å². The van der Waals surface area contributed by atoms with Crippen molar-refractivity contribution in [1.29, 1.82) is 0 Å². The topological polar surface area (TPSA) is 0 Å². The van der Waals surface area contributed by atoms with Gasteiger partial charge in [0.15, 0.2) is 0 Å². The van der Waals surface area contributed by atoms with Crippen LogP contribution in [0.25, 0.3) is 164 Å². The largest absolute Gasteiger partial charge is 0.0616 e. The van der Waals surface area contributed by atoms with Crippen LogP contribution in [0.3, 0.4) is 0 Å². The summed E-state index contributed by atoms with van der Waals surface area (Å²) >= 11 is 0. The average Bonchev–Trinajstić information content (AvgIpc) is 0.720. The van der Waals surface area contributed by atoms with Crippen LogP contribution in [-0.2, 0) is 0 Å². The molecule has 0 aliphatic heterocycles. The van der Waals surface area contributed by atoms with Gasteiger partial charge in [0, 0.05) is 0 Å². The first-order valence-electron chi connectivity index (χ1n) is 45.6. The van der Waals surface area contributed by atoms with Crippen LogP contribution in [0.15, 0.2) is 437 Å². The molecule has 0 atom stereocenters. The average molecular weight is 1680 g/mol. The Morgan fingerprint density at radius 2 is 0.331 bits per heavy atom. The van der Waals surface area contributed by atoms with Crippen LogP contribution in [0.5, 0.6) is 0 Å². The first-order valence-corrected chi connectivity index (χ1v) is 45.6. The van der Waals surface area contributed by atoms with Crippen molar-refractivity contribution >= 4 is 86.2 Å². The summed E-state index contributed by atoms with van der Waals surface area (Å²) in [4.78, 5) is 0. The van der Waals surface area contributed by atoms with E-state index in [1.54, 1.807) is 0 Å². The van der Waals surface area contributed by atoms with Crippen molar-refractivity contribution in [2.75, 3.05) is 0 Å². The zero-order valence-corrected chi connectivity index (χ0v) is 77.6. The lowest BCUT2D eigenvalue weighted by molar-refractivity contribution is 1.44. The van der Waals surface area contributed by atoms with Crippen LogP contribution in [0.1, 0.15) is 77.9 Å². The maximum atomic E-state index is 2.29. The quantitative estimate of drug-likeness (QED) is 0.140. The molecule has 0 unspecified atom stereocenters. The second-order valence-electron chi connectivity index (χ2n) is 35.1. The third kappa shape index (κ3) is 20.5. The van der Waals surface area contributed by atoms with E-state index in [0.717, 1.165) is 0 Å². The maximum absolute atomic E-state index is 2.29. The van der Waals surface area contributed by atoms with Gasteiger partial charge in [0.2, 0.25) is 0 Å². The molecule has 22 rings (SSSR count). The molecular formula is C130H114. The molecular weight excluding hydrogens is 1560 g/mol. The summed E-state index contributed by atoms with van der Waals surface area (Å²) in [6, 6.07) is 157. The molecule has 0 aromatic heterocycles. The Labute approximate surface area is 770 Å². The Balaban J connectivity index is 0.000000113. The Morgan fingerprint density at radius 1 is 0.115 bits per heavy atom. The highest BCUT2D eigenvalue weighted by Crippen LogP contribution is 2.47. The highest BCUT2D eigenvalue weighted by atomic mass is 14.2. The predicted octanol–water partition coefficient (Wildman–Crippen LogP) is 37.0. The number of hydrogen-bond donors (Lipinski definition) is 0. The third-order valence-electron chi connectivity index (χ3n) is 25.3. The van der Waals surface area contributed by atoms with E-state index in [1.165, 1.54) is 242 Å². The van der Waals surface area contributed by atoms with Gasteiger partial charge in [0.1, 0.15) is 0 Å². The second-order valence-corrected chi connectivity index (χ2v) is 35.1. The van der Waals surface area contributed by atoms with E-state index >= 15 is 0 Å². The summed E-state index contributed by atoms with van der Waals surface area (Å²) in [7, 11) is 0. The summed E-state index contributed by atoms with van der Waals surface area (Å²) < 4.78 is 0. The lowest BCUT2D eigenvalue weighted by atomic mass is 9.83. The molecule has 0 saturated heterocycles. The minimum Gasteiger partial charge on any atom is -0.0616 e. The molecule has 0 spiro atoms. The van der Waals surface area contributed by atoms with Crippen molar-refractivity contribution in [3.05, 3.63) is 515 Å². The molecule has 0 aliphatic rings. The van der Waals surface area contributed by atoms with Gasteiger partial charge in [-0.05, 0) is 295 Å². The summed E-state index contributed by atoms with van der Waals surface area (Å²) in [6.07, 6.45) is 0. The summed E-state index contributed by atoms with van der Waals surface area (Å²) in [5, 5.41) is 21.3. The van der Waals surface area contributed by atoms with E-state index in [0.29, 0.717) is 0 Å². The number of benzene rings is 22. The molecule has 0 heteroatoms. The van der Waals surface area contributed by atoms with Crippen LogP contribution in [-0.4, -0.2) is 0 Å². The Morgan fingerprint density at radius 3 is 0.646 bits per heavy atom. The van der Waals surface area contributed by atoms with Gasteiger partial charge in [-0.2, -0.15) is 0 Å². The molecule has 0 aliphatic carbocycles. The lowest BCUT2D eigenvalue weighted by Gasteiger charge is -2.20. The molecule has 634 valence electrons. The SMILES string of the molecule is Cc1c2ccccc2c(-c2c3ccccc3c(C)c3ccccc23)c2ccccc12.Cc1ccc(-c2ccc(C)c3ccccc23)c2ccccc12.Cc1ccc(-c2ccc(C)c3ccccc23)cc1.Cc1ccc(-c2ccc(C)cc2)cc1.Cc1ccc(-c2ccc3cc(C)ccc3c2)cc1.Cc1ccc(-c2cccc(C)c2)cc1.Cc1cccc(-c2cccc(C)c2)c1. The number of hydrogen-bond acceptors (Lipinski definition) is 0. The van der Waals surface area contributed by atoms with Crippen LogP contribution >= 0.6 is 0 Å². The van der Waals surface area contributed by atoms with Crippen molar-refractivity contribution in [1.82, 2.24) is 0 Å². The molecule has 0 amide bonds. The minimum absolute atomic E-state index is 1.28. The second kappa shape index (κ2) is 40.7. The van der Waals surface area contributed by atoms with Gasteiger partial charge >= 0.3 is 0 Å². The van der Waals surface area contributed by atoms with Crippen molar-refractivity contribution in [3.63, 3.8) is 0 Å². The first-order chi connectivity index (χ1) is 63.2. The Kier molecular flexibility index (Phi) is 27.7. The summed E-state index contributed by atoms with van der Waals surface area (Å²) in [6.45, 7) is 30.1. The molecule has 22 aromatic rings. The molecule has 0 radical (unpaired) electrons. The summed E-state index contributed by atoms with van der Waals surface area (Å²) in [5.41, 5.74) is 36.7. The maximum Gasteiger partial charge on any atom is -0.00141 e. The van der Waals surface area contributed by atoms with E-state index in [2.05, 4.69) is 534 Å². The van der Waals surface area contributed by atoms with Crippen LogP contribution < -0.4 is 0 Å². The van der Waals surface area contributed by atoms with Gasteiger partial charge in [-0.15, -0.1) is 0 Å². The van der Waals surface area contributed by atoms with Gasteiger partial charge in [0.25, 0.3) is 0 Å². The molecule has 0 heterocycles. The van der Waals surface area contributed by atoms with E-state index in [9.17, 15) is 0 Å². The predicted molar refractivity (Wildman–Crippen MR) is 570 cm³/mol. The highest BCUT2D eigenvalue weighted by Gasteiger charge is 2.20. The van der Waals surface area contributed by atoms with Crippen molar-refractivity contribution in [2.45, 2.75) is 96.9 Å². The highest BCUT2D eigenvalue weighted by molar-refractivity contribution is 6.25. The van der Waals surface area contributed by atoms with Gasteiger partial charge in [0.05, 0.1) is 0 Å². The zero-order valence-electron chi connectivity index (χ0n) is 77.6. The molecule has 0 N–H and O–H groups in total. The smallest absolute Gasteiger partial charge is 0.00141 e. The zero-order chi connectivity index (χ0) is 90.3. The van der Waals surface area contributed by atoms with Gasteiger partial charge in [-0.1, -0.05) is 481 Å². The molecule has 22 aromatic carbocycles. The van der Waals surface area contributed by atoms with Crippen molar-refractivity contribution < 1.29 is 0 Å². The van der Waals surface area contributed by atoms with E-state index < -0.39 is 0 Å². The van der Waals surface area contributed by atoms with Crippen LogP contribution in [0.4, 0.5) is 0 Å². The Bertz CT molecular complexity index is 7340.